The second-order valence-electron chi connectivity index (χ2n) is 7.70. The van der Waals surface area contributed by atoms with Crippen molar-refractivity contribution in [1.29, 1.82) is 0 Å². The molecule has 0 aliphatic carbocycles. The number of halogens is 1. The second-order valence-corrected chi connectivity index (χ2v) is 9.98. The number of sulfone groups is 1. The average Bonchev–Trinajstić information content (AvgIpc) is 3.25. The highest BCUT2D eigenvalue weighted by Crippen LogP contribution is 2.26. The molecule has 4 nitrogen and oxygen atoms in total. The highest BCUT2D eigenvalue weighted by atomic mass is 35.5. The first-order chi connectivity index (χ1) is 15.2. The lowest BCUT2D eigenvalue weighted by atomic mass is 10.0. The molecule has 166 valence electrons. The summed E-state index contributed by atoms with van der Waals surface area (Å²) < 4.78 is 25.7. The summed E-state index contributed by atoms with van der Waals surface area (Å²) in [4.78, 5) is 5.17. The summed E-state index contributed by atoms with van der Waals surface area (Å²) in [5, 5.41) is 0. The fraction of sp³-hybridized carbons (Fsp3) is 0.192. The van der Waals surface area contributed by atoms with Gasteiger partial charge in [-0.15, -0.1) is 18.2 Å². The van der Waals surface area contributed by atoms with E-state index in [2.05, 4.69) is 13.5 Å². The van der Waals surface area contributed by atoms with Gasteiger partial charge in [0.1, 0.15) is 5.82 Å². The van der Waals surface area contributed by atoms with Crippen molar-refractivity contribution in [2.75, 3.05) is 12.1 Å². The van der Waals surface area contributed by atoms with Crippen LogP contribution in [0.1, 0.15) is 19.7 Å². The summed E-state index contributed by atoms with van der Waals surface area (Å²) >= 11 is 6.12. The van der Waals surface area contributed by atoms with Crippen LogP contribution in [-0.4, -0.2) is 30.1 Å². The lowest BCUT2D eigenvalue weighted by Gasteiger charge is -2.10. The van der Waals surface area contributed by atoms with Crippen LogP contribution in [0.25, 0.3) is 22.5 Å². The molecule has 0 fully saturated rings. The molecular formula is C26H27ClN2O2S. The number of nitrogens with zero attached hydrogens (tertiary/aromatic N) is 2. The van der Waals surface area contributed by atoms with Crippen molar-refractivity contribution < 1.29 is 8.42 Å². The molecule has 0 aliphatic rings. The van der Waals surface area contributed by atoms with E-state index in [9.17, 15) is 8.42 Å². The van der Waals surface area contributed by atoms with Crippen LogP contribution in [0.5, 0.6) is 0 Å². The number of rotatable bonds is 8. The lowest BCUT2D eigenvalue weighted by molar-refractivity contribution is 0.602. The summed E-state index contributed by atoms with van der Waals surface area (Å²) in [6.07, 6.45) is 9.07. The van der Waals surface area contributed by atoms with Gasteiger partial charge in [-0.1, -0.05) is 55.5 Å². The Hall–Kier alpha value is -2.89. The smallest absolute Gasteiger partial charge is 0.175 e. The number of hydrogen-bond acceptors (Lipinski definition) is 3. The van der Waals surface area contributed by atoms with Crippen LogP contribution in [0, 0.1) is 5.92 Å². The molecule has 3 rings (SSSR count). The third-order valence-corrected chi connectivity index (χ3v) is 6.75. The lowest BCUT2D eigenvalue weighted by Crippen LogP contribution is -2.01. The SMILES string of the molecule is C=CC(C)/C(=C\C=C(/C)c1nc(-c2ccccc2)cn1-c1ccc(S(C)(=O)=O)cc1)CCl. The van der Waals surface area contributed by atoms with Gasteiger partial charge in [-0.3, -0.25) is 4.57 Å². The van der Waals surface area contributed by atoms with Gasteiger partial charge < -0.3 is 0 Å². The molecule has 0 N–H and O–H groups in total. The first-order valence-corrected chi connectivity index (χ1v) is 12.7. The van der Waals surface area contributed by atoms with Crippen LogP contribution in [0.2, 0.25) is 0 Å². The molecule has 0 bridgehead atoms. The Morgan fingerprint density at radius 2 is 1.78 bits per heavy atom. The van der Waals surface area contributed by atoms with E-state index in [1.54, 1.807) is 24.3 Å². The van der Waals surface area contributed by atoms with Gasteiger partial charge >= 0.3 is 0 Å². The fourth-order valence-corrected chi connectivity index (χ4v) is 4.20. The monoisotopic (exact) mass is 466 g/mol. The maximum absolute atomic E-state index is 11.8. The number of imidazole rings is 1. The van der Waals surface area contributed by atoms with Gasteiger partial charge in [0.2, 0.25) is 0 Å². The molecule has 32 heavy (non-hydrogen) atoms. The van der Waals surface area contributed by atoms with Crippen LogP contribution < -0.4 is 0 Å². The maximum Gasteiger partial charge on any atom is 0.175 e. The molecule has 1 aromatic heterocycles. The zero-order valence-electron chi connectivity index (χ0n) is 18.5. The van der Waals surface area contributed by atoms with Crippen LogP contribution >= 0.6 is 11.6 Å². The van der Waals surface area contributed by atoms with Crippen LogP contribution in [-0.2, 0) is 9.84 Å². The standard InChI is InChI=1S/C26H27ClN2O2S/c1-5-19(2)22(17-27)12-11-20(3)26-28-25(21-9-7-6-8-10-21)18-29(26)23-13-15-24(16-14-23)32(4,30)31/h5-16,18-19H,1,17H2,2-4H3/b20-11+,22-12-. The molecule has 0 aliphatic heterocycles. The van der Waals surface area contributed by atoms with Gasteiger partial charge in [0.25, 0.3) is 0 Å². The summed E-state index contributed by atoms with van der Waals surface area (Å²) in [6.45, 7) is 7.91. The Morgan fingerprint density at radius 1 is 1.12 bits per heavy atom. The van der Waals surface area contributed by atoms with Gasteiger partial charge in [-0.05, 0) is 48.3 Å². The van der Waals surface area contributed by atoms with Crippen molar-refractivity contribution in [2.24, 2.45) is 5.92 Å². The molecule has 1 unspecified atom stereocenters. The number of alkyl halides is 1. The Morgan fingerprint density at radius 3 is 2.34 bits per heavy atom. The van der Waals surface area contributed by atoms with Crippen molar-refractivity contribution >= 4 is 27.0 Å². The number of allylic oxidation sites excluding steroid dienone is 5. The van der Waals surface area contributed by atoms with Crippen molar-refractivity contribution in [3.05, 3.63) is 97.0 Å². The largest absolute Gasteiger partial charge is 0.299 e. The van der Waals surface area contributed by atoms with E-state index >= 15 is 0 Å². The first-order valence-electron chi connectivity index (χ1n) is 10.3. The van der Waals surface area contributed by atoms with Gasteiger partial charge in [0, 0.05) is 29.6 Å². The van der Waals surface area contributed by atoms with Crippen LogP contribution in [0.15, 0.2) is 96.1 Å². The molecule has 0 radical (unpaired) electrons. The van der Waals surface area contributed by atoms with Crippen LogP contribution in [0.3, 0.4) is 0 Å². The summed E-state index contributed by atoms with van der Waals surface area (Å²) in [5.41, 5.74) is 4.70. The van der Waals surface area contributed by atoms with Gasteiger partial charge in [-0.25, -0.2) is 13.4 Å². The highest BCUT2D eigenvalue weighted by Gasteiger charge is 2.14. The minimum Gasteiger partial charge on any atom is -0.299 e. The minimum atomic E-state index is -3.26. The maximum atomic E-state index is 11.8. The predicted molar refractivity (Wildman–Crippen MR) is 134 cm³/mol. The summed E-state index contributed by atoms with van der Waals surface area (Å²) in [5.74, 6) is 1.38. The molecule has 0 saturated heterocycles. The van der Waals surface area contributed by atoms with E-state index in [1.807, 2.05) is 66.2 Å². The number of benzene rings is 2. The third-order valence-electron chi connectivity index (χ3n) is 5.31. The molecule has 0 saturated carbocycles. The molecule has 0 amide bonds. The van der Waals surface area contributed by atoms with Crippen molar-refractivity contribution in [3.8, 4) is 16.9 Å². The predicted octanol–water partition coefficient (Wildman–Crippen LogP) is 6.33. The Bertz CT molecular complexity index is 1250. The Labute approximate surface area is 195 Å². The topological polar surface area (TPSA) is 52.0 Å². The number of hydrogen-bond donors (Lipinski definition) is 0. The van der Waals surface area contributed by atoms with Gasteiger partial charge in [0.15, 0.2) is 9.84 Å². The zero-order valence-corrected chi connectivity index (χ0v) is 20.1. The van der Waals surface area contributed by atoms with E-state index in [4.69, 9.17) is 16.6 Å². The highest BCUT2D eigenvalue weighted by molar-refractivity contribution is 7.90. The van der Waals surface area contributed by atoms with Gasteiger partial charge in [0.05, 0.1) is 10.6 Å². The number of aromatic nitrogens is 2. The van der Waals surface area contributed by atoms with Crippen molar-refractivity contribution in [2.45, 2.75) is 18.7 Å². The Kier molecular flexibility index (Phi) is 7.54. The molecule has 6 heteroatoms. The molecule has 0 spiro atoms. The zero-order chi connectivity index (χ0) is 23.3. The minimum absolute atomic E-state index is 0.180. The molecular weight excluding hydrogens is 440 g/mol. The van der Waals surface area contributed by atoms with E-state index in [-0.39, 0.29) is 10.8 Å². The van der Waals surface area contributed by atoms with Crippen LogP contribution in [0.4, 0.5) is 0 Å². The second kappa shape index (κ2) is 10.2. The van der Waals surface area contributed by atoms with Crippen molar-refractivity contribution in [1.82, 2.24) is 9.55 Å². The van der Waals surface area contributed by atoms with E-state index in [1.165, 1.54) is 6.26 Å². The average molecular weight is 467 g/mol. The van der Waals surface area contributed by atoms with Crippen molar-refractivity contribution in [3.63, 3.8) is 0 Å². The summed E-state index contributed by atoms with van der Waals surface area (Å²) in [6, 6.07) is 16.8. The molecule has 2 aromatic carbocycles. The van der Waals surface area contributed by atoms with E-state index in [0.29, 0.717) is 5.88 Å². The van der Waals surface area contributed by atoms with Gasteiger partial charge in [-0.2, -0.15) is 0 Å². The summed E-state index contributed by atoms with van der Waals surface area (Å²) in [7, 11) is -3.26. The quantitative estimate of drug-likeness (QED) is 0.221. The molecule has 1 atom stereocenters. The molecule has 3 aromatic rings. The van der Waals surface area contributed by atoms with E-state index < -0.39 is 9.84 Å². The molecule has 1 heterocycles. The third kappa shape index (κ3) is 5.47. The fourth-order valence-electron chi connectivity index (χ4n) is 3.23. The first kappa shape index (κ1) is 23.8. The Balaban J connectivity index is 2.12. The van der Waals surface area contributed by atoms with E-state index in [0.717, 1.165) is 33.9 Å². The normalized spacial score (nSPS) is 13.8.